The molecule has 3 heteroatoms. The van der Waals surface area contributed by atoms with Crippen molar-refractivity contribution in [2.24, 2.45) is 0 Å². The minimum Gasteiger partial charge on any atom is -0.255 e. The average molecular weight is 140 g/mol. The van der Waals surface area contributed by atoms with E-state index >= 15 is 0 Å². The fraction of sp³-hybridized carbons (Fsp3) is 0.333. The SMILES string of the molecule is CCn1ncccc1=S. The van der Waals surface area contributed by atoms with E-state index < -0.39 is 0 Å². The molecule has 1 aromatic rings. The molecule has 2 nitrogen and oxygen atoms in total. The molecule has 0 radical (unpaired) electrons. The van der Waals surface area contributed by atoms with Gasteiger partial charge in [0, 0.05) is 12.7 Å². The Kier molecular flexibility index (Phi) is 1.95. The molecule has 0 fully saturated rings. The molecule has 0 aliphatic carbocycles. The maximum absolute atomic E-state index is 4.95. The first-order valence-electron chi connectivity index (χ1n) is 2.86. The molecule has 1 heterocycles. The zero-order chi connectivity index (χ0) is 6.69. The Morgan fingerprint density at radius 1 is 1.78 bits per heavy atom. The number of nitrogens with zero attached hydrogens (tertiary/aromatic N) is 2. The number of aromatic nitrogens is 2. The Morgan fingerprint density at radius 2 is 2.56 bits per heavy atom. The lowest BCUT2D eigenvalue weighted by Gasteiger charge is -1.96. The molecule has 0 N–H and O–H groups in total. The van der Waals surface area contributed by atoms with Gasteiger partial charge in [-0.15, -0.1) is 0 Å². The van der Waals surface area contributed by atoms with E-state index in [-0.39, 0.29) is 0 Å². The zero-order valence-corrected chi connectivity index (χ0v) is 6.06. The summed E-state index contributed by atoms with van der Waals surface area (Å²) in [6.07, 6.45) is 1.74. The summed E-state index contributed by atoms with van der Waals surface area (Å²) < 4.78 is 2.56. The lowest BCUT2D eigenvalue weighted by molar-refractivity contribution is 0.630. The lowest BCUT2D eigenvalue weighted by atomic mass is 10.6. The molecule has 0 atom stereocenters. The number of hydrogen-bond acceptors (Lipinski definition) is 2. The second kappa shape index (κ2) is 2.73. The maximum atomic E-state index is 4.95. The molecule has 1 aromatic heterocycles. The van der Waals surface area contributed by atoms with Gasteiger partial charge < -0.3 is 0 Å². The second-order valence-corrected chi connectivity index (χ2v) is 2.10. The van der Waals surface area contributed by atoms with Crippen LogP contribution < -0.4 is 0 Å². The standard InChI is InChI=1S/C6H8N2S/c1-2-8-6(9)4-3-5-7-8/h3-5H,2H2,1H3. The van der Waals surface area contributed by atoms with Crippen LogP contribution in [0.2, 0.25) is 0 Å². The van der Waals surface area contributed by atoms with Crippen molar-refractivity contribution in [2.45, 2.75) is 13.5 Å². The Labute approximate surface area is 59.1 Å². The number of hydrogen-bond donors (Lipinski definition) is 0. The molecule has 0 unspecified atom stereocenters. The van der Waals surface area contributed by atoms with Crippen LogP contribution in [0.15, 0.2) is 18.3 Å². The Hall–Kier alpha value is -0.700. The molecule has 0 saturated heterocycles. The lowest BCUT2D eigenvalue weighted by Crippen LogP contribution is -2.00. The minimum absolute atomic E-state index is 0.792. The quantitative estimate of drug-likeness (QED) is 0.552. The van der Waals surface area contributed by atoms with Gasteiger partial charge >= 0.3 is 0 Å². The van der Waals surface area contributed by atoms with Crippen molar-refractivity contribution in [1.82, 2.24) is 9.78 Å². The Bertz CT molecular complexity index is 241. The first kappa shape index (κ1) is 6.42. The van der Waals surface area contributed by atoms with Crippen LogP contribution in [0.25, 0.3) is 0 Å². The van der Waals surface area contributed by atoms with Gasteiger partial charge in [-0.05, 0) is 19.1 Å². The van der Waals surface area contributed by atoms with Gasteiger partial charge in [0.1, 0.15) is 4.64 Å². The smallest absolute Gasteiger partial charge is 0.122 e. The minimum atomic E-state index is 0.792. The van der Waals surface area contributed by atoms with Crippen molar-refractivity contribution >= 4 is 12.2 Å². The summed E-state index contributed by atoms with van der Waals surface area (Å²) in [4.78, 5) is 0. The highest BCUT2D eigenvalue weighted by Gasteiger charge is 1.82. The van der Waals surface area contributed by atoms with Gasteiger partial charge in [-0.3, -0.25) is 4.68 Å². The summed E-state index contributed by atoms with van der Waals surface area (Å²) in [6.45, 7) is 2.86. The van der Waals surface area contributed by atoms with E-state index in [1.54, 1.807) is 10.9 Å². The molecule has 48 valence electrons. The zero-order valence-electron chi connectivity index (χ0n) is 5.24. The van der Waals surface area contributed by atoms with Crippen molar-refractivity contribution in [1.29, 1.82) is 0 Å². The fourth-order valence-electron chi connectivity index (χ4n) is 0.625. The van der Waals surface area contributed by atoms with Crippen LogP contribution >= 0.6 is 12.2 Å². The van der Waals surface area contributed by atoms with E-state index in [9.17, 15) is 0 Å². The topological polar surface area (TPSA) is 17.8 Å². The largest absolute Gasteiger partial charge is 0.255 e. The molecule has 1 rings (SSSR count). The van der Waals surface area contributed by atoms with Crippen molar-refractivity contribution in [2.75, 3.05) is 0 Å². The molecule has 0 amide bonds. The van der Waals surface area contributed by atoms with Gasteiger partial charge in [-0.25, -0.2) is 0 Å². The third kappa shape index (κ3) is 1.36. The van der Waals surface area contributed by atoms with Crippen LogP contribution in [0.1, 0.15) is 6.92 Å². The molecule has 0 aromatic carbocycles. The van der Waals surface area contributed by atoms with Gasteiger partial charge in [0.2, 0.25) is 0 Å². The normalized spacial score (nSPS) is 9.44. The van der Waals surface area contributed by atoms with Crippen LogP contribution in [-0.4, -0.2) is 9.78 Å². The Morgan fingerprint density at radius 3 is 3.00 bits per heavy atom. The van der Waals surface area contributed by atoms with Gasteiger partial charge in [0.05, 0.1) is 0 Å². The van der Waals surface area contributed by atoms with E-state index in [0.717, 1.165) is 11.2 Å². The van der Waals surface area contributed by atoms with E-state index in [4.69, 9.17) is 12.2 Å². The Balaban J connectivity index is 3.16. The predicted octanol–water partition coefficient (Wildman–Crippen LogP) is 1.63. The van der Waals surface area contributed by atoms with E-state index in [0.29, 0.717) is 0 Å². The third-order valence-electron chi connectivity index (χ3n) is 1.08. The molecule has 0 aliphatic rings. The van der Waals surface area contributed by atoms with E-state index in [2.05, 4.69) is 5.10 Å². The summed E-state index contributed by atoms with van der Waals surface area (Å²) in [5, 5.41) is 4.01. The van der Waals surface area contributed by atoms with Gasteiger partial charge in [-0.2, -0.15) is 5.10 Å². The van der Waals surface area contributed by atoms with E-state index in [1.165, 1.54) is 0 Å². The summed E-state index contributed by atoms with van der Waals surface area (Å²) in [7, 11) is 0. The summed E-state index contributed by atoms with van der Waals surface area (Å²) in [5.74, 6) is 0. The van der Waals surface area contributed by atoms with Crippen molar-refractivity contribution < 1.29 is 0 Å². The highest BCUT2D eigenvalue weighted by atomic mass is 32.1. The third-order valence-corrected chi connectivity index (χ3v) is 1.43. The highest BCUT2D eigenvalue weighted by Crippen LogP contribution is 1.87. The summed E-state index contributed by atoms with van der Waals surface area (Å²) in [6, 6.07) is 3.71. The van der Waals surface area contributed by atoms with Crippen molar-refractivity contribution in [3.05, 3.63) is 23.0 Å². The van der Waals surface area contributed by atoms with Gasteiger partial charge in [0.25, 0.3) is 0 Å². The predicted molar refractivity (Wildman–Crippen MR) is 38.7 cm³/mol. The molecule has 0 spiro atoms. The average Bonchev–Trinajstić information content (AvgIpc) is 1.89. The number of aryl methyl sites for hydroxylation is 1. The maximum Gasteiger partial charge on any atom is 0.122 e. The van der Waals surface area contributed by atoms with Gasteiger partial charge in [-0.1, -0.05) is 12.2 Å². The number of rotatable bonds is 1. The van der Waals surface area contributed by atoms with Crippen LogP contribution in [0.5, 0.6) is 0 Å². The van der Waals surface area contributed by atoms with Crippen molar-refractivity contribution in [3.63, 3.8) is 0 Å². The molecular weight excluding hydrogens is 132 g/mol. The van der Waals surface area contributed by atoms with Crippen LogP contribution in [0.3, 0.4) is 0 Å². The summed E-state index contributed by atoms with van der Waals surface area (Å²) in [5.41, 5.74) is 0. The molecular formula is C6H8N2S. The second-order valence-electron chi connectivity index (χ2n) is 1.68. The fourth-order valence-corrected chi connectivity index (χ4v) is 0.880. The van der Waals surface area contributed by atoms with Crippen LogP contribution in [0, 0.1) is 4.64 Å². The molecule has 0 aliphatic heterocycles. The van der Waals surface area contributed by atoms with E-state index in [1.807, 2.05) is 19.1 Å². The molecule has 0 saturated carbocycles. The first-order chi connectivity index (χ1) is 4.34. The van der Waals surface area contributed by atoms with Crippen LogP contribution in [0.4, 0.5) is 0 Å². The van der Waals surface area contributed by atoms with Crippen molar-refractivity contribution in [3.8, 4) is 0 Å². The van der Waals surface area contributed by atoms with Crippen LogP contribution in [-0.2, 0) is 6.54 Å². The van der Waals surface area contributed by atoms with Gasteiger partial charge in [0.15, 0.2) is 0 Å². The molecule has 0 bridgehead atoms. The molecule has 9 heavy (non-hydrogen) atoms. The first-order valence-corrected chi connectivity index (χ1v) is 3.27. The summed E-state index contributed by atoms with van der Waals surface area (Å²) >= 11 is 4.95. The monoisotopic (exact) mass is 140 g/mol. The highest BCUT2D eigenvalue weighted by molar-refractivity contribution is 7.71.